The van der Waals surface area contributed by atoms with Crippen LogP contribution in [0.2, 0.25) is 0 Å². The van der Waals surface area contributed by atoms with Crippen LogP contribution in [0.3, 0.4) is 0 Å². The number of hydrogen-bond acceptors (Lipinski definition) is 5. The Labute approximate surface area is 176 Å². The van der Waals surface area contributed by atoms with E-state index in [0.717, 1.165) is 17.0 Å². The average molecular weight is 432 g/mol. The Morgan fingerprint density at radius 3 is 2.43 bits per heavy atom. The summed E-state index contributed by atoms with van der Waals surface area (Å²) in [5.41, 5.74) is 1.62. The molecule has 1 fully saturated rings. The number of primary sulfonamides is 1. The van der Waals surface area contributed by atoms with Gasteiger partial charge in [0.1, 0.15) is 5.75 Å². The third-order valence-corrected chi connectivity index (χ3v) is 5.85. The highest BCUT2D eigenvalue weighted by molar-refractivity contribution is 7.89. The fourth-order valence-corrected chi connectivity index (χ4v) is 3.86. The van der Waals surface area contributed by atoms with Gasteiger partial charge in [-0.05, 0) is 55.3 Å². The van der Waals surface area contributed by atoms with Gasteiger partial charge >= 0.3 is 0 Å². The monoisotopic (exact) mass is 431 g/mol. The molecule has 8 nitrogen and oxygen atoms in total. The van der Waals surface area contributed by atoms with E-state index in [-0.39, 0.29) is 23.1 Å². The lowest BCUT2D eigenvalue weighted by molar-refractivity contribution is -0.126. The molecule has 160 valence electrons. The van der Waals surface area contributed by atoms with E-state index in [9.17, 15) is 18.0 Å². The molecule has 0 radical (unpaired) electrons. The third-order valence-electron chi connectivity index (χ3n) is 4.92. The van der Waals surface area contributed by atoms with Crippen molar-refractivity contribution in [2.45, 2.75) is 24.7 Å². The highest BCUT2D eigenvalue weighted by Crippen LogP contribution is 2.27. The second kappa shape index (κ2) is 9.27. The Morgan fingerprint density at radius 1 is 1.17 bits per heavy atom. The maximum Gasteiger partial charge on any atom is 0.238 e. The molecule has 2 aromatic carbocycles. The Morgan fingerprint density at radius 2 is 1.83 bits per heavy atom. The molecule has 1 aliphatic rings. The second-order valence-electron chi connectivity index (χ2n) is 7.06. The van der Waals surface area contributed by atoms with Crippen molar-refractivity contribution in [2.24, 2.45) is 11.1 Å². The first-order valence-corrected chi connectivity index (χ1v) is 11.2. The molecule has 2 aromatic rings. The van der Waals surface area contributed by atoms with Gasteiger partial charge in [-0.2, -0.15) is 0 Å². The number of amides is 2. The fourth-order valence-electron chi connectivity index (χ4n) is 3.34. The van der Waals surface area contributed by atoms with Crippen molar-refractivity contribution in [3.63, 3.8) is 0 Å². The molecule has 0 spiro atoms. The molecule has 0 aliphatic carbocycles. The zero-order valence-corrected chi connectivity index (χ0v) is 17.5. The molecule has 0 aromatic heterocycles. The number of carbonyl (C=O) groups is 2. The zero-order chi connectivity index (χ0) is 21.7. The van der Waals surface area contributed by atoms with E-state index in [2.05, 4.69) is 5.32 Å². The van der Waals surface area contributed by atoms with E-state index >= 15 is 0 Å². The molecule has 1 saturated heterocycles. The van der Waals surface area contributed by atoms with Crippen molar-refractivity contribution in [3.8, 4) is 5.75 Å². The van der Waals surface area contributed by atoms with Crippen molar-refractivity contribution in [1.29, 1.82) is 0 Å². The quantitative estimate of drug-likeness (QED) is 0.656. The number of nitrogens with zero attached hydrogens (tertiary/aromatic N) is 1. The van der Waals surface area contributed by atoms with Gasteiger partial charge in [0, 0.05) is 25.2 Å². The van der Waals surface area contributed by atoms with Crippen molar-refractivity contribution < 1.29 is 22.7 Å². The molecular formula is C21H25N3O5S. The van der Waals surface area contributed by atoms with Gasteiger partial charge in [-0.1, -0.05) is 12.1 Å². The van der Waals surface area contributed by atoms with E-state index in [1.807, 2.05) is 19.1 Å². The van der Waals surface area contributed by atoms with E-state index in [0.29, 0.717) is 26.1 Å². The summed E-state index contributed by atoms with van der Waals surface area (Å²) in [5.74, 6) is 0.0731. The zero-order valence-electron chi connectivity index (χ0n) is 16.7. The van der Waals surface area contributed by atoms with E-state index in [1.54, 1.807) is 29.2 Å². The highest BCUT2D eigenvalue weighted by Gasteiger charge is 2.34. The van der Waals surface area contributed by atoms with E-state index in [4.69, 9.17) is 9.88 Å². The lowest BCUT2D eigenvalue weighted by Crippen LogP contribution is -2.34. The summed E-state index contributed by atoms with van der Waals surface area (Å²) in [6.45, 7) is 3.20. The summed E-state index contributed by atoms with van der Waals surface area (Å²) in [6, 6.07) is 13.5. The number of ether oxygens (including phenoxy) is 1. The van der Waals surface area contributed by atoms with Gasteiger partial charge in [0.05, 0.1) is 17.4 Å². The van der Waals surface area contributed by atoms with Gasteiger partial charge in [-0.3, -0.25) is 9.59 Å². The predicted molar refractivity (Wildman–Crippen MR) is 113 cm³/mol. The van der Waals surface area contributed by atoms with E-state index in [1.165, 1.54) is 12.1 Å². The Bertz CT molecular complexity index is 1000. The topological polar surface area (TPSA) is 119 Å². The van der Waals surface area contributed by atoms with Gasteiger partial charge in [-0.25, -0.2) is 13.6 Å². The number of nitrogens with one attached hydrogen (secondary N) is 1. The number of benzene rings is 2. The van der Waals surface area contributed by atoms with Gasteiger partial charge in [0.2, 0.25) is 21.8 Å². The normalized spacial score (nSPS) is 16.5. The second-order valence-corrected chi connectivity index (χ2v) is 8.62. The van der Waals surface area contributed by atoms with Gasteiger partial charge < -0.3 is 15.0 Å². The Hall–Kier alpha value is -2.91. The van der Waals surface area contributed by atoms with Crippen LogP contribution in [-0.2, 0) is 26.0 Å². The number of sulfonamides is 1. The maximum atomic E-state index is 12.5. The standard InChI is InChI=1S/C21H25N3O5S/c1-2-29-18-7-5-17(6-8-18)24-14-16(13-20(24)25)21(26)23-12-11-15-3-9-19(10-4-15)30(22,27)28/h3-10,16H,2,11-14H2,1H3,(H,23,26)(H2,22,27,28)/t16-/m0/s1. The minimum atomic E-state index is -3.72. The van der Waals surface area contributed by atoms with Crippen molar-refractivity contribution in [3.05, 3.63) is 54.1 Å². The number of hydrogen-bond donors (Lipinski definition) is 2. The minimum Gasteiger partial charge on any atom is -0.494 e. The number of rotatable bonds is 8. The highest BCUT2D eigenvalue weighted by atomic mass is 32.2. The van der Waals surface area contributed by atoms with Gasteiger partial charge in [0.25, 0.3) is 0 Å². The molecule has 3 rings (SSSR count). The predicted octanol–water partition coefficient (Wildman–Crippen LogP) is 1.44. The largest absolute Gasteiger partial charge is 0.494 e. The summed E-state index contributed by atoms with van der Waals surface area (Å²) in [4.78, 5) is 26.5. The molecule has 1 atom stereocenters. The number of anilines is 1. The molecule has 0 unspecified atom stereocenters. The fraction of sp³-hybridized carbons (Fsp3) is 0.333. The molecule has 0 bridgehead atoms. The lowest BCUT2D eigenvalue weighted by atomic mass is 10.1. The van der Waals surface area contributed by atoms with Crippen LogP contribution in [0.4, 0.5) is 5.69 Å². The van der Waals surface area contributed by atoms with Crippen LogP contribution in [0.5, 0.6) is 5.75 Å². The molecule has 0 saturated carbocycles. The average Bonchev–Trinajstić information content (AvgIpc) is 3.10. The smallest absolute Gasteiger partial charge is 0.238 e. The summed E-state index contributed by atoms with van der Waals surface area (Å²) in [7, 11) is -3.72. The van der Waals surface area contributed by atoms with Crippen molar-refractivity contribution in [2.75, 3.05) is 24.6 Å². The first-order chi connectivity index (χ1) is 14.3. The number of carbonyl (C=O) groups excluding carboxylic acids is 2. The van der Waals surface area contributed by atoms with Gasteiger partial charge in [-0.15, -0.1) is 0 Å². The first kappa shape index (κ1) is 21.8. The SMILES string of the molecule is CCOc1ccc(N2C[C@@H](C(=O)NCCc3ccc(S(N)(=O)=O)cc3)CC2=O)cc1. The summed E-state index contributed by atoms with van der Waals surface area (Å²) in [5, 5.41) is 7.93. The summed E-state index contributed by atoms with van der Waals surface area (Å²) >= 11 is 0. The Kier molecular flexibility index (Phi) is 6.73. The molecule has 2 amide bonds. The van der Waals surface area contributed by atoms with Crippen LogP contribution in [-0.4, -0.2) is 39.9 Å². The van der Waals surface area contributed by atoms with Crippen LogP contribution in [0.25, 0.3) is 0 Å². The van der Waals surface area contributed by atoms with Crippen molar-refractivity contribution >= 4 is 27.5 Å². The summed E-state index contributed by atoms with van der Waals surface area (Å²) in [6.07, 6.45) is 0.710. The Balaban J connectivity index is 1.51. The minimum absolute atomic E-state index is 0.0501. The summed E-state index contributed by atoms with van der Waals surface area (Å²) < 4.78 is 28.0. The maximum absolute atomic E-state index is 12.5. The molecular weight excluding hydrogens is 406 g/mol. The number of nitrogens with two attached hydrogens (primary N) is 1. The molecule has 1 heterocycles. The lowest BCUT2D eigenvalue weighted by Gasteiger charge is -2.17. The van der Waals surface area contributed by atoms with Crippen LogP contribution < -0.4 is 20.1 Å². The molecule has 30 heavy (non-hydrogen) atoms. The van der Waals surface area contributed by atoms with Crippen LogP contribution >= 0.6 is 0 Å². The molecule has 9 heteroatoms. The molecule has 1 aliphatic heterocycles. The molecule has 3 N–H and O–H groups in total. The van der Waals surface area contributed by atoms with Crippen LogP contribution in [0.15, 0.2) is 53.4 Å². The van der Waals surface area contributed by atoms with E-state index < -0.39 is 15.9 Å². The van der Waals surface area contributed by atoms with Crippen LogP contribution in [0.1, 0.15) is 18.9 Å². The van der Waals surface area contributed by atoms with Crippen LogP contribution in [0, 0.1) is 5.92 Å². The van der Waals surface area contributed by atoms with Gasteiger partial charge in [0.15, 0.2) is 0 Å². The van der Waals surface area contributed by atoms with Crippen molar-refractivity contribution in [1.82, 2.24) is 5.32 Å². The third kappa shape index (κ3) is 5.37. The first-order valence-electron chi connectivity index (χ1n) is 9.70.